The van der Waals surface area contributed by atoms with Gasteiger partial charge in [-0.2, -0.15) is 0 Å². The summed E-state index contributed by atoms with van der Waals surface area (Å²) in [6.07, 6.45) is 10.2. The van der Waals surface area contributed by atoms with E-state index in [1.165, 1.54) is 44.9 Å². The fourth-order valence-electron chi connectivity index (χ4n) is 1.95. The molecule has 11 heavy (non-hydrogen) atoms. The van der Waals surface area contributed by atoms with E-state index in [0.717, 1.165) is 10.7 Å². The molecule has 0 bridgehead atoms. The molecule has 0 radical (unpaired) electrons. The quantitative estimate of drug-likeness (QED) is 0.581. The molecule has 0 nitrogen and oxygen atoms in total. The van der Waals surface area contributed by atoms with Gasteiger partial charge in [0.05, 0.1) is 0 Å². The van der Waals surface area contributed by atoms with E-state index in [1.807, 2.05) is 0 Å². The van der Waals surface area contributed by atoms with Gasteiger partial charge in [0.1, 0.15) is 0 Å². The van der Waals surface area contributed by atoms with Gasteiger partial charge in [-0.05, 0) is 18.8 Å². The van der Waals surface area contributed by atoms with E-state index in [-0.39, 0.29) is 0 Å². The maximum absolute atomic E-state index is 3.70. The molecule has 1 aliphatic rings. The molecule has 0 heterocycles. The normalized spacial score (nSPS) is 25.6. The molecule has 1 aliphatic carbocycles. The Morgan fingerprint density at radius 3 is 1.91 bits per heavy atom. The molecule has 0 N–H and O–H groups in total. The molecule has 1 saturated carbocycles. The second-order valence-electron chi connectivity index (χ2n) is 3.78. The SMILES string of the molecule is CC(Br)C1CCCCCCC1. The van der Waals surface area contributed by atoms with Gasteiger partial charge in [-0.1, -0.05) is 55.0 Å². The van der Waals surface area contributed by atoms with Crippen molar-refractivity contribution in [1.82, 2.24) is 0 Å². The highest BCUT2D eigenvalue weighted by Crippen LogP contribution is 2.27. The molecule has 0 saturated heterocycles. The maximum Gasteiger partial charge on any atom is 0.0145 e. The zero-order chi connectivity index (χ0) is 8.10. The first-order valence-corrected chi connectivity index (χ1v) is 5.86. The molecular weight excluding hydrogens is 200 g/mol. The van der Waals surface area contributed by atoms with Gasteiger partial charge in [0.15, 0.2) is 0 Å². The Balaban J connectivity index is 2.26. The topological polar surface area (TPSA) is 0 Å². The monoisotopic (exact) mass is 218 g/mol. The van der Waals surface area contributed by atoms with Crippen molar-refractivity contribution in [3.05, 3.63) is 0 Å². The minimum atomic E-state index is 0.737. The smallest absolute Gasteiger partial charge is 0.0145 e. The second-order valence-corrected chi connectivity index (χ2v) is 5.23. The van der Waals surface area contributed by atoms with Crippen LogP contribution in [0.5, 0.6) is 0 Å². The largest absolute Gasteiger partial charge is 0.0891 e. The number of alkyl halides is 1. The second kappa shape index (κ2) is 5.18. The van der Waals surface area contributed by atoms with E-state index in [9.17, 15) is 0 Å². The van der Waals surface area contributed by atoms with Crippen molar-refractivity contribution in [2.75, 3.05) is 0 Å². The lowest BCUT2D eigenvalue weighted by Crippen LogP contribution is -2.12. The Morgan fingerprint density at radius 1 is 1.00 bits per heavy atom. The third-order valence-electron chi connectivity index (χ3n) is 2.80. The Kier molecular flexibility index (Phi) is 4.51. The van der Waals surface area contributed by atoms with Gasteiger partial charge in [0, 0.05) is 4.83 Å². The third kappa shape index (κ3) is 3.59. The Hall–Kier alpha value is 0.480. The maximum atomic E-state index is 3.70. The lowest BCUT2D eigenvalue weighted by molar-refractivity contribution is 0.379. The summed E-state index contributed by atoms with van der Waals surface area (Å²) < 4.78 is 0. The highest BCUT2D eigenvalue weighted by atomic mass is 79.9. The minimum Gasteiger partial charge on any atom is -0.0891 e. The average Bonchev–Trinajstić information content (AvgIpc) is 1.84. The van der Waals surface area contributed by atoms with E-state index in [1.54, 1.807) is 0 Å². The van der Waals surface area contributed by atoms with Crippen LogP contribution < -0.4 is 0 Å². The molecule has 66 valence electrons. The van der Waals surface area contributed by atoms with E-state index >= 15 is 0 Å². The fourth-order valence-corrected chi connectivity index (χ4v) is 2.48. The molecule has 0 aromatic rings. The Labute approximate surface area is 78.9 Å². The van der Waals surface area contributed by atoms with Crippen molar-refractivity contribution < 1.29 is 0 Å². The van der Waals surface area contributed by atoms with Gasteiger partial charge in [-0.15, -0.1) is 0 Å². The van der Waals surface area contributed by atoms with Crippen molar-refractivity contribution >= 4 is 15.9 Å². The third-order valence-corrected chi connectivity index (χ3v) is 3.55. The van der Waals surface area contributed by atoms with Crippen LogP contribution in [-0.2, 0) is 0 Å². The lowest BCUT2D eigenvalue weighted by Gasteiger charge is -2.21. The molecule has 1 unspecified atom stereocenters. The first-order chi connectivity index (χ1) is 5.30. The predicted octanol–water partition coefficient (Wildman–Crippen LogP) is 4.13. The van der Waals surface area contributed by atoms with Crippen LogP contribution in [0.1, 0.15) is 51.9 Å². The van der Waals surface area contributed by atoms with Crippen LogP contribution in [0.25, 0.3) is 0 Å². The van der Waals surface area contributed by atoms with E-state index in [0.29, 0.717) is 0 Å². The van der Waals surface area contributed by atoms with Gasteiger partial charge in [-0.3, -0.25) is 0 Å². The fraction of sp³-hybridized carbons (Fsp3) is 1.00. The van der Waals surface area contributed by atoms with Crippen LogP contribution in [0.3, 0.4) is 0 Å². The van der Waals surface area contributed by atoms with Gasteiger partial charge < -0.3 is 0 Å². The van der Waals surface area contributed by atoms with Crippen molar-refractivity contribution in [3.63, 3.8) is 0 Å². The molecule has 1 heteroatoms. The van der Waals surface area contributed by atoms with Gasteiger partial charge in [-0.25, -0.2) is 0 Å². The molecule has 0 aromatic carbocycles. The minimum absolute atomic E-state index is 0.737. The molecule has 0 amide bonds. The first kappa shape index (κ1) is 9.57. The van der Waals surface area contributed by atoms with Crippen LogP contribution in [-0.4, -0.2) is 4.83 Å². The van der Waals surface area contributed by atoms with Gasteiger partial charge in [0.2, 0.25) is 0 Å². The zero-order valence-electron chi connectivity index (χ0n) is 7.48. The van der Waals surface area contributed by atoms with E-state index in [2.05, 4.69) is 22.9 Å². The highest BCUT2D eigenvalue weighted by molar-refractivity contribution is 9.09. The number of hydrogen-bond donors (Lipinski definition) is 0. The highest BCUT2D eigenvalue weighted by Gasteiger charge is 2.15. The van der Waals surface area contributed by atoms with Crippen LogP contribution in [0.2, 0.25) is 0 Å². The van der Waals surface area contributed by atoms with Gasteiger partial charge >= 0.3 is 0 Å². The molecule has 0 aliphatic heterocycles. The van der Waals surface area contributed by atoms with Gasteiger partial charge in [0.25, 0.3) is 0 Å². The Morgan fingerprint density at radius 2 is 1.45 bits per heavy atom. The Bertz CT molecular complexity index is 91.0. The molecule has 0 spiro atoms. The van der Waals surface area contributed by atoms with Crippen molar-refractivity contribution in [2.24, 2.45) is 5.92 Å². The van der Waals surface area contributed by atoms with Crippen molar-refractivity contribution in [1.29, 1.82) is 0 Å². The number of halogens is 1. The first-order valence-electron chi connectivity index (χ1n) is 4.95. The van der Waals surface area contributed by atoms with Crippen LogP contribution in [0, 0.1) is 5.92 Å². The summed E-state index contributed by atoms with van der Waals surface area (Å²) in [6, 6.07) is 0. The van der Waals surface area contributed by atoms with Crippen LogP contribution >= 0.6 is 15.9 Å². The van der Waals surface area contributed by atoms with Crippen molar-refractivity contribution in [3.8, 4) is 0 Å². The molecular formula is C10H19Br. The van der Waals surface area contributed by atoms with E-state index in [4.69, 9.17) is 0 Å². The lowest BCUT2D eigenvalue weighted by atomic mass is 9.89. The number of hydrogen-bond acceptors (Lipinski definition) is 0. The van der Waals surface area contributed by atoms with Crippen LogP contribution in [0.4, 0.5) is 0 Å². The summed E-state index contributed by atoms with van der Waals surface area (Å²) in [5.41, 5.74) is 0. The van der Waals surface area contributed by atoms with Crippen molar-refractivity contribution in [2.45, 2.75) is 56.7 Å². The molecule has 0 aromatic heterocycles. The zero-order valence-corrected chi connectivity index (χ0v) is 9.07. The standard InChI is InChI=1S/C10H19Br/c1-9(11)10-7-5-3-2-4-6-8-10/h9-10H,2-8H2,1H3. The summed E-state index contributed by atoms with van der Waals surface area (Å²) in [6.45, 7) is 2.30. The number of rotatable bonds is 1. The average molecular weight is 219 g/mol. The van der Waals surface area contributed by atoms with E-state index < -0.39 is 0 Å². The van der Waals surface area contributed by atoms with Crippen LogP contribution in [0.15, 0.2) is 0 Å². The molecule has 1 rings (SSSR count). The molecule has 1 fully saturated rings. The summed E-state index contributed by atoms with van der Waals surface area (Å²) in [5, 5.41) is 0. The predicted molar refractivity (Wildman–Crippen MR) is 54.2 cm³/mol. The summed E-state index contributed by atoms with van der Waals surface area (Å²) >= 11 is 3.70. The summed E-state index contributed by atoms with van der Waals surface area (Å²) in [5.74, 6) is 0.954. The summed E-state index contributed by atoms with van der Waals surface area (Å²) in [7, 11) is 0. The summed E-state index contributed by atoms with van der Waals surface area (Å²) in [4.78, 5) is 0.737. The molecule has 1 atom stereocenters.